The summed E-state index contributed by atoms with van der Waals surface area (Å²) in [4.78, 5) is 14.1. The monoisotopic (exact) mass is 306 g/mol. The van der Waals surface area contributed by atoms with E-state index in [4.69, 9.17) is 4.74 Å². The number of nitrogens with one attached hydrogen (secondary N) is 1. The minimum Gasteiger partial charge on any atom is -0.508 e. The Morgan fingerprint density at radius 1 is 1.41 bits per heavy atom. The Labute approximate surface area is 132 Å². The number of ether oxygens (including phenoxy) is 1. The predicted molar refractivity (Wildman–Crippen MR) is 86.0 cm³/mol. The first-order valence-corrected chi connectivity index (χ1v) is 7.83. The Bertz CT molecular complexity index is 499. The molecule has 1 fully saturated rings. The van der Waals surface area contributed by atoms with E-state index >= 15 is 0 Å². The van der Waals surface area contributed by atoms with E-state index in [1.54, 1.807) is 12.1 Å². The Balaban J connectivity index is 1.77. The summed E-state index contributed by atoms with van der Waals surface area (Å²) in [7, 11) is 0. The fourth-order valence-corrected chi connectivity index (χ4v) is 2.61. The summed E-state index contributed by atoms with van der Waals surface area (Å²) < 4.78 is 5.62. The summed E-state index contributed by atoms with van der Waals surface area (Å²) in [5.74, 6) is 0.278. The van der Waals surface area contributed by atoms with Crippen molar-refractivity contribution in [1.82, 2.24) is 10.2 Å². The Morgan fingerprint density at radius 2 is 2.09 bits per heavy atom. The number of aryl methyl sites for hydroxylation is 1. The topological polar surface area (TPSA) is 61.8 Å². The molecule has 5 nitrogen and oxygen atoms in total. The largest absolute Gasteiger partial charge is 0.508 e. The lowest BCUT2D eigenvalue weighted by atomic mass is 10.1. The molecule has 0 radical (unpaired) electrons. The number of hydrogen-bond donors (Lipinski definition) is 2. The van der Waals surface area contributed by atoms with Gasteiger partial charge < -0.3 is 20.1 Å². The maximum Gasteiger partial charge on any atom is 0.317 e. The van der Waals surface area contributed by atoms with Crippen LogP contribution in [-0.2, 0) is 11.2 Å². The normalized spacial score (nSPS) is 18.8. The molecule has 1 aliphatic heterocycles. The zero-order valence-corrected chi connectivity index (χ0v) is 13.6. The standard InChI is InChI=1S/C17H26N2O3/c1-13(4-5-14-6-8-15(20)9-7-14)18-16(21)19-10-11-22-17(2,3)12-19/h6-9,13,20H,4-5,10-12H2,1-3H3,(H,18,21). The second-order valence-corrected chi connectivity index (χ2v) is 6.59. The van der Waals surface area contributed by atoms with Gasteiger partial charge in [-0.1, -0.05) is 12.1 Å². The number of carbonyl (C=O) groups excluding carboxylic acids is 1. The van der Waals surface area contributed by atoms with Crippen molar-refractivity contribution in [3.8, 4) is 5.75 Å². The molecule has 0 spiro atoms. The minimum absolute atomic E-state index is 0.0189. The van der Waals surface area contributed by atoms with E-state index in [1.165, 1.54) is 0 Å². The van der Waals surface area contributed by atoms with Gasteiger partial charge in [-0.2, -0.15) is 0 Å². The summed E-state index contributed by atoms with van der Waals surface area (Å²) >= 11 is 0. The summed E-state index contributed by atoms with van der Waals surface area (Å²) in [6.07, 6.45) is 1.74. The van der Waals surface area contributed by atoms with Crippen LogP contribution in [0.15, 0.2) is 24.3 Å². The molecule has 1 aliphatic rings. The van der Waals surface area contributed by atoms with Gasteiger partial charge >= 0.3 is 6.03 Å². The zero-order valence-electron chi connectivity index (χ0n) is 13.6. The van der Waals surface area contributed by atoms with E-state index in [2.05, 4.69) is 5.32 Å². The minimum atomic E-state index is -0.273. The third-order valence-corrected chi connectivity index (χ3v) is 3.89. The molecular formula is C17H26N2O3. The maximum absolute atomic E-state index is 12.3. The van der Waals surface area contributed by atoms with Crippen LogP contribution < -0.4 is 5.32 Å². The molecule has 22 heavy (non-hydrogen) atoms. The van der Waals surface area contributed by atoms with E-state index in [0.717, 1.165) is 18.4 Å². The second kappa shape index (κ2) is 7.01. The number of aromatic hydroxyl groups is 1. The molecule has 2 amide bonds. The van der Waals surface area contributed by atoms with Gasteiger partial charge in [-0.25, -0.2) is 4.79 Å². The fourth-order valence-electron chi connectivity index (χ4n) is 2.61. The lowest BCUT2D eigenvalue weighted by molar-refractivity contribution is -0.0735. The molecule has 1 heterocycles. The van der Waals surface area contributed by atoms with Crippen LogP contribution in [0.3, 0.4) is 0 Å². The lowest BCUT2D eigenvalue weighted by Gasteiger charge is -2.38. The van der Waals surface area contributed by atoms with Gasteiger partial charge in [-0.3, -0.25) is 0 Å². The number of phenols is 1. The van der Waals surface area contributed by atoms with Crippen molar-refractivity contribution in [2.45, 2.75) is 45.3 Å². The van der Waals surface area contributed by atoms with E-state index in [-0.39, 0.29) is 23.4 Å². The molecule has 1 aromatic carbocycles. The highest BCUT2D eigenvalue weighted by Gasteiger charge is 2.30. The summed E-state index contributed by atoms with van der Waals surface area (Å²) in [6, 6.07) is 7.28. The first-order chi connectivity index (χ1) is 10.4. The second-order valence-electron chi connectivity index (χ2n) is 6.59. The average Bonchev–Trinajstić information content (AvgIpc) is 2.45. The van der Waals surface area contributed by atoms with Crippen LogP contribution in [0.4, 0.5) is 4.79 Å². The van der Waals surface area contributed by atoms with Gasteiger partial charge in [0.15, 0.2) is 0 Å². The molecule has 122 valence electrons. The van der Waals surface area contributed by atoms with Gasteiger partial charge in [0, 0.05) is 12.6 Å². The van der Waals surface area contributed by atoms with Crippen molar-refractivity contribution in [3.05, 3.63) is 29.8 Å². The molecule has 2 N–H and O–H groups in total. The van der Waals surface area contributed by atoms with Crippen LogP contribution in [0.5, 0.6) is 5.75 Å². The van der Waals surface area contributed by atoms with Crippen LogP contribution in [0, 0.1) is 0 Å². The van der Waals surface area contributed by atoms with Gasteiger partial charge in [-0.05, 0) is 51.3 Å². The number of morpholine rings is 1. The molecule has 1 aromatic rings. The van der Waals surface area contributed by atoms with Gasteiger partial charge in [-0.15, -0.1) is 0 Å². The van der Waals surface area contributed by atoms with Gasteiger partial charge in [0.25, 0.3) is 0 Å². The molecule has 1 saturated heterocycles. The smallest absolute Gasteiger partial charge is 0.317 e. The number of carbonyl (C=O) groups is 1. The third-order valence-electron chi connectivity index (χ3n) is 3.89. The first kappa shape index (κ1) is 16.6. The summed E-state index contributed by atoms with van der Waals surface area (Å²) in [5.41, 5.74) is 0.886. The Kier molecular flexibility index (Phi) is 5.29. The highest BCUT2D eigenvalue weighted by Crippen LogP contribution is 2.17. The number of benzene rings is 1. The highest BCUT2D eigenvalue weighted by molar-refractivity contribution is 5.74. The molecule has 5 heteroatoms. The van der Waals surface area contributed by atoms with Gasteiger partial charge in [0.05, 0.1) is 18.8 Å². The number of amides is 2. The van der Waals surface area contributed by atoms with Gasteiger partial charge in [0.1, 0.15) is 5.75 Å². The number of phenolic OH excluding ortho intramolecular Hbond substituents is 1. The lowest BCUT2D eigenvalue weighted by Crippen LogP contribution is -2.54. The van der Waals surface area contributed by atoms with Crippen LogP contribution in [0.25, 0.3) is 0 Å². The molecule has 0 saturated carbocycles. The van der Waals surface area contributed by atoms with Crippen LogP contribution in [0.1, 0.15) is 32.8 Å². The SMILES string of the molecule is CC(CCc1ccc(O)cc1)NC(=O)N1CCOC(C)(C)C1. The zero-order chi connectivity index (χ0) is 16.2. The van der Waals surface area contributed by atoms with E-state index < -0.39 is 0 Å². The highest BCUT2D eigenvalue weighted by atomic mass is 16.5. The molecule has 0 aromatic heterocycles. The summed E-state index contributed by atoms with van der Waals surface area (Å²) in [5, 5.41) is 12.3. The number of rotatable bonds is 4. The molecule has 0 bridgehead atoms. The molecule has 2 rings (SSSR count). The van der Waals surface area contributed by atoms with Crippen molar-refractivity contribution in [3.63, 3.8) is 0 Å². The van der Waals surface area contributed by atoms with E-state index in [9.17, 15) is 9.90 Å². The number of hydrogen-bond acceptors (Lipinski definition) is 3. The quantitative estimate of drug-likeness (QED) is 0.898. The molecule has 1 atom stereocenters. The van der Waals surface area contributed by atoms with Crippen molar-refractivity contribution in [1.29, 1.82) is 0 Å². The predicted octanol–water partition coefficient (Wildman–Crippen LogP) is 2.53. The van der Waals surface area contributed by atoms with Crippen LogP contribution in [-0.4, -0.2) is 47.4 Å². The van der Waals surface area contributed by atoms with Crippen molar-refractivity contribution in [2.75, 3.05) is 19.7 Å². The summed E-state index contributed by atoms with van der Waals surface area (Å²) in [6.45, 7) is 7.86. The Morgan fingerprint density at radius 3 is 2.73 bits per heavy atom. The van der Waals surface area contributed by atoms with E-state index in [0.29, 0.717) is 19.7 Å². The van der Waals surface area contributed by atoms with Gasteiger partial charge in [0.2, 0.25) is 0 Å². The van der Waals surface area contributed by atoms with Crippen LogP contribution in [0.2, 0.25) is 0 Å². The maximum atomic E-state index is 12.3. The number of urea groups is 1. The molecule has 1 unspecified atom stereocenters. The van der Waals surface area contributed by atoms with Crippen molar-refractivity contribution < 1.29 is 14.6 Å². The third kappa shape index (κ3) is 4.91. The number of nitrogens with zero attached hydrogens (tertiary/aromatic N) is 1. The van der Waals surface area contributed by atoms with Crippen LogP contribution >= 0.6 is 0 Å². The Hall–Kier alpha value is -1.75. The average molecular weight is 306 g/mol. The van der Waals surface area contributed by atoms with Crippen molar-refractivity contribution in [2.24, 2.45) is 0 Å². The fraction of sp³-hybridized carbons (Fsp3) is 0.588. The molecule has 0 aliphatic carbocycles. The van der Waals surface area contributed by atoms with E-state index in [1.807, 2.05) is 37.8 Å². The molecular weight excluding hydrogens is 280 g/mol. The van der Waals surface area contributed by atoms with Crippen molar-refractivity contribution >= 4 is 6.03 Å². The first-order valence-electron chi connectivity index (χ1n) is 7.83.